The number of ether oxygens (including phenoxy) is 2. The van der Waals surface area contributed by atoms with Gasteiger partial charge < -0.3 is 15.2 Å². The van der Waals surface area contributed by atoms with Gasteiger partial charge in [-0.15, -0.1) is 0 Å². The third-order valence-electron chi connectivity index (χ3n) is 1.19. The van der Waals surface area contributed by atoms with E-state index in [0.717, 1.165) is 0 Å². The molecule has 0 spiro atoms. The molecule has 0 rings (SSSR count). The number of rotatable bonds is 4. The van der Waals surface area contributed by atoms with Crippen molar-refractivity contribution in [2.24, 2.45) is 5.73 Å². The summed E-state index contributed by atoms with van der Waals surface area (Å²) in [7, 11) is 0. The van der Waals surface area contributed by atoms with Crippen LogP contribution in [-0.4, -0.2) is 25.2 Å². The van der Waals surface area contributed by atoms with Crippen LogP contribution in [0.2, 0.25) is 0 Å². The van der Waals surface area contributed by atoms with Crippen LogP contribution in [0, 0.1) is 0 Å². The molecule has 0 aromatic rings. The summed E-state index contributed by atoms with van der Waals surface area (Å²) in [6.07, 6.45) is 0. The molecule has 0 fully saturated rings. The minimum atomic E-state index is -0.834. The Morgan fingerprint density at radius 3 is 2.00 bits per heavy atom. The fraction of sp³-hybridized carbons (Fsp3) is 0.500. The first-order chi connectivity index (χ1) is 6.54. The molecule has 6 heteroatoms. The van der Waals surface area contributed by atoms with Crippen molar-refractivity contribution < 1.29 is 19.1 Å². The Kier molecular flexibility index (Phi) is 5.71. The van der Waals surface area contributed by atoms with Crippen molar-refractivity contribution >= 4 is 23.5 Å². The zero-order valence-electron chi connectivity index (χ0n) is 8.00. The number of carbonyl (C=O) groups excluding carboxylic acids is 2. The van der Waals surface area contributed by atoms with Crippen molar-refractivity contribution in [2.45, 2.75) is 13.8 Å². The van der Waals surface area contributed by atoms with Gasteiger partial charge in [-0.2, -0.15) is 0 Å². The smallest absolute Gasteiger partial charge is 0.356 e. The van der Waals surface area contributed by atoms with Gasteiger partial charge in [-0.05, 0) is 13.8 Å². The maximum absolute atomic E-state index is 11.0. The van der Waals surface area contributed by atoms with Gasteiger partial charge in [0.25, 0.3) is 0 Å². The Morgan fingerprint density at radius 1 is 1.14 bits per heavy atom. The van der Waals surface area contributed by atoms with Crippen LogP contribution in [-0.2, 0) is 19.1 Å². The molecule has 5 nitrogen and oxygen atoms in total. The molecule has 14 heavy (non-hydrogen) atoms. The average Bonchev–Trinajstić information content (AvgIpc) is 2.16. The zero-order valence-corrected chi connectivity index (χ0v) is 8.76. The Morgan fingerprint density at radius 2 is 1.57 bits per heavy atom. The van der Waals surface area contributed by atoms with E-state index < -0.39 is 22.7 Å². The van der Waals surface area contributed by atoms with Crippen molar-refractivity contribution in [1.82, 2.24) is 0 Å². The van der Waals surface area contributed by atoms with E-state index in [2.05, 4.69) is 9.47 Å². The first-order valence-corrected chi connectivity index (χ1v) is 4.41. The molecule has 0 unspecified atom stereocenters. The Hall–Kier alpha value is -1.23. The summed E-state index contributed by atoms with van der Waals surface area (Å²) >= 11 is 5.47. The molecule has 0 aromatic heterocycles. The third-order valence-corrected chi connectivity index (χ3v) is 1.54. The van der Waals surface area contributed by atoms with Crippen LogP contribution in [0.5, 0.6) is 0 Å². The molecule has 0 atom stereocenters. The van der Waals surface area contributed by atoms with Gasteiger partial charge in [0, 0.05) is 0 Å². The number of hydrogen-bond donors (Lipinski definition) is 1. The SMILES string of the molecule is CCOC(=O)/C(N)=C(\Cl)C(=O)OCC. The summed E-state index contributed by atoms with van der Waals surface area (Å²) in [5.41, 5.74) is 4.81. The second kappa shape index (κ2) is 6.26. The molecule has 2 N–H and O–H groups in total. The molecule has 0 radical (unpaired) electrons. The number of nitrogens with two attached hydrogens (primary N) is 1. The maximum atomic E-state index is 11.0. The van der Waals surface area contributed by atoms with E-state index in [1.54, 1.807) is 13.8 Å². The van der Waals surface area contributed by atoms with Crippen LogP contribution in [0.1, 0.15) is 13.8 Å². The van der Waals surface area contributed by atoms with E-state index in [1.807, 2.05) is 0 Å². The number of hydrogen-bond acceptors (Lipinski definition) is 5. The van der Waals surface area contributed by atoms with Crippen LogP contribution >= 0.6 is 11.6 Å². The summed E-state index contributed by atoms with van der Waals surface area (Å²) in [6.45, 7) is 3.55. The molecular weight excluding hydrogens is 210 g/mol. The normalized spacial score (nSPS) is 11.6. The molecule has 0 aliphatic rings. The first kappa shape index (κ1) is 12.8. The summed E-state index contributed by atoms with van der Waals surface area (Å²) in [4.78, 5) is 22.0. The molecule has 0 heterocycles. The van der Waals surface area contributed by atoms with Crippen LogP contribution in [0.4, 0.5) is 0 Å². The predicted octanol–water partition coefficient (Wildman–Crippen LogP) is 0.522. The lowest BCUT2D eigenvalue weighted by Crippen LogP contribution is -2.19. The molecule has 0 aliphatic carbocycles. The molecule has 0 amide bonds. The summed E-state index contributed by atoms with van der Waals surface area (Å²) in [5, 5.41) is -0.453. The fourth-order valence-electron chi connectivity index (χ4n) is 0.603. The van der Waals surface area contributed by atoms with E-state index in [9.17, 15) is 9.59 Å². The summed E-state index contributed by atoms with van der Waals surface area (Å²) in [5.74, 6) is -1.66. The molecule has 0 aromatic carbocycles. The number of esters is 2. The number of carbonyl (C=O) groups is 2. The van der Waals surface area contributed by atoms with Gasteiger partial charge in [0.15, 0.2) is 5.03 Å². The lowest BCUT2D eigenvalue weighted by Gasteiger charge is -2.04. The highest BCUT2D eigenvalue weighted by Crippen LogP contribution is 2.08. The highest BCUT2D eigenvalue weighted by atomic mass is 35.5. The molecule has 80 valence electrons. The Balaban J connectivity index is 4.57. The quantitative estimate of drug-likeness (QED) is 0.553. The van der Waals surface area contributed by atoms with Gasteiger partial charge in [-0.25, -0.2) is 9.59 Å². The van der Waals surface area contributed by atoms with Gasteiger partial charge in [-0.1, -0.05) is 11.6 Å². The highest BCUT2D eigenvalue weighted by Gasteiger charge is 2.18. The Labute approximate surface area is 86.8 Å². The van der Waals surface area contributed by atoms with Crippen LogP contribution in [0.15, 0.2) is 10.7 Å². The molecule has 0 bridgehead atoms. The van der Waals surface area contributed by atoms with Gasteiger partial charge >= 0.3 is 11.9 Å². The standard InChI is InChI=1S/C8H12ClNO4/c1-3-13-7(11)5(9)6(10)8(12)14-4-2/h3-4,10H2,1-2H3/b6-5+. The molecule has 0 saturated carbocycles. The second-order valence-corrected chi connectivity index (χ2v) is 2.55. The maximum Gasteiger partial charge on any atom is 0.356 e. The monoisotopic (exact) mass is 221 g/mol. The van der Waals surface area contributed by atoms with E-state index in [4.69, 9.17) is 17.3 Å². The van der Waals surface area contributed by atoms with Gasteiger partial charge in [0.2, 0.25) is 0 Å². The van der Waals surface area contributed by atoms with Gasteiger partial charge in [-0.3, -0.25) is 0 Å². The van der Waals surface area contributed by atoms with E-state index in [-0.39, 0.29) is 13.2 Å². The minimum absolute atomic E-state index is 0.158. The molecule has 0 aliphatic heterocycles. The van der Waals surface area contributed by atoms with Crippen molar-refractivity contribution in [3.8, 4) is 0 Å². The summed E-state index contributed by atoms with van der Waals surface area (Å²) < 4.78 is 9.08. The number of halogens is 1. The highest BCUT2D eigenvalue weighted by molar-refractivity contribution is 6.43. The van der Waals surface area contributed by atoms with E-state index in [1.165, 1.54) is 0 Å². The Bertz CT molecular complexity index is 236. The van der Waals surface area contributed by atoms with Crippen molar-refractivity contribution in [3.63, 3.8) is 0 Å². The minimum Gasteiger partial charge on any atom is -0.462 e. The first-order valence-electron chi connectivity index (χ1n) is 4.04. The van der Waals surface area contributed by atoms with Crippen molar-refractivity contribution in [3.05, 3.63) is 10.7 Å². The molecule has 0 saturated heterocycles. The third kappa shape index (κ3) is 3.66. The van der Waals surface area contributed by atoms with Gasteiger partial charge in [0.1, 0.15) is 5.70 Å². The summed E-state index contributed by atoms with van der Waals surface area (Å²) in [6, 6.07) is 0. The second-order valence-electron chi connectivity index (χ2n) is 2.17. The van der Waals surface area contributed by atoms with E-state index >= 15 is 0 Å². The average molecular weight is 222 g/mol. The zero-order chi connectivity index (χ0) is 11.1. The van der Waals surface area contributed by atoms with Gasteiger partial charge in [0.05, 0.1) is 13.2 Å². The lowest BCUT2D eigenvalue weighted by atomic mass is 10.4. The van der Waals surface area contributed by atoms with Crippen LogP contribution in [0.25, 0.3) is 0 Å². The van der Waals surface area contributed by atoms with E-state index in [0.29, 0.717) is 0 Å². The lowest BCUT2D eigenvalue weighted by molar-refractivity contribution is -0.141. The topological polar surface area (TPSA) is 78.6 Å². The predicted molar refractivity (Wildman–Crippen MR) is 50.3 cm³/mol. The molecular formula is C8H12ClNO4. The van der Waals surface area contributed by atoms with Crippen LogP contribution < -0.4 is 5.73 Å². The van der Waals surface area contributed by atoms with Crippen molar-refractivity contribution in [2.75, 3.05) is 13.2 Å². The largest absolute Gasteiger partial charge is 0.462 e. The fourth-order valence-corrected chi connectivity index (χ4v) is 0.735. The van der Waals surface area contributed by atoms with Crippen LogP contribution in [0.3, 0.4) is 0 Å². The van der Waals surface area contributed by atoms with Crippen molar-refractivity contribution in [1.29, 1.82) is 0 Å².